The van der Waals surface area contributed by atoms with Gasteiger partial charge in [-0.05, 0) is 50.2 Å². The van der Waals surface area contributed by atoms with E-state index in [0.717, 1.165) is 5.56 Å². The Labute approximate surface area is 192 Å². The van der Waals surface area contributed by atoms with Gasteiger partial charge >= 0.3 is 6.01 Å². The molecule has 0 fully saturated rings. The molecule has 0 aliphatic carbocycles. The normalized spacial score (nSPS) is 11.9. The highest BCUT2D eigenvalue weighted by atomic mass is 32.2. The molecule has 2 aromatic carbocycles. The molecule has 0 spiro atoms. The minimum Gasteiger partial charge on any atom is -0.481 e. The van der Waals surface area contributed by atoms with Crippen LogP contribution in [0.5, 0.6) is 17.6 Å². The van der Waals surface area contributed by atoms with Gasteiger partial charge < -0.3 is 19.5 Å². The summed E-state index contributed by atoms with van der Waals surface area (Å²) in [6.07, 6.45) is -0.750. The number of anilines is 2. The zero-order valence-electron chi connectivity index (χ0n) is 18.5. The number of nitrogens with one attached hydrogen (secondary N) is 2. The third-order valence-corrected chi connectivity index (χ3v) is 5.82. The molecule has 33 heavy (non-hydrogen) atoms. The van der Waals surface area contributed by atoms with E-state index >= 15 is 0 Å². The maximum atomic E-state index is 12.7. The lowest BCUT2D eigenvalue weighted by molar-refractivity contribution is -0.122. The minimum absolute atomic E-state index is 0.0156. The quantitative estimate of drug-likeness (QED) is 0.486. The number of rotatable bonds is 9. The van der Waals surface area contributed by atoms with Crippen LogP contribution in [0.15, 0.2) is 59.5 Å². The van der Waals surface area contributed by atoms with Crippen LogP contribution < -0.4 is 24.2 Å². The van der Waals surface area contributed by atoms with Crippen LogP contribution >= 0.6 is 0 Å². The molecule has 0 aliphatic rings. The number of sulfonamides is 1. The highest BCUT2D eigenvalue weighted by Gasteiger charge is 2.18. The molecule has 1 amide bonds. The topological polar surface area (TPSA) is 129 Å². The molecule has 1 aromatic heterocycles. The highest BCUT2D eigenvalue weighted by Crippen LogP contribution is 2.22. The SMILES string of the molecule is COc1cc(NS(=O)(=O)c2ccc(NC(=O)[C@H](C)Oc3ccc(C)cc3)cc2)nc(OC)n1. The number of hydrogen-bond acceptors (Lipinski definition) is 8. The molecule has 0 unspecified atom stereocenters. The van der Waals surface area contributed by atoms with Crippen LogP contribution in [0.2, 0.25) is 0 Å². The molecule has 0 bridgehead atoms. The van der Waals surface area contributed by atoms with Crippen molar-refractivity contribution >= 4 is 27.4 Å². The molecule has 0 aliphatic heterocycles. The van der Waals surface area contributed by atoms with Gasteiger partial charge in [0.25, 0.3) is 15.9 Å². The van der Waals surface area contributed by atoms with Crippen molar-refractivity contribution in [2.75, 3.05) is 24.3 Å². The molecule has 0 saturated carbocycles. The summed E-state index contributed by atoms with van der Waals surface area (Å²) in [5.41, 5.74) is 1.51. The second-order valence-corrected chi connectivity index (χ2v) is 8.66. The molecular weight excluding hydrogens is 448 g/mol. The zero-order chi connectivity index (χ0) is 24.0. The smallest absolute Gasteiger partial charge is 0.321 e. The predicted molar refractivity (Wildman–Crippen MR) is 122 cm³/mol. The fraction of sp³-hybridized carbons (Fsp3) is 0.227. The number of carbonyl (C=O) groups is 1. The largest absolute Gasteiger partial charge is 0.481 e. The zero-order valence-corrected chi connectivity index (χ0v) is 19.3. The Hall–Kier alpha value is -3.86. The van der Waals surface area contributed by atoms with Crippen molar-refractivity contribution in [2.45, 2.75) is 24.8 Å². The average molecular weight is 473 g/mol. The fourth-order valence-corrected chi connectivity index (χ4v) is 3.68. The van der Waals surface area contributed by atoms with Crippen LogP contribution in [0.3, 0.4) is 0 Å². The van der Waals surface area contributed by atoms with E-state index in [-0.39, 0.29) is 28.5 Å². The van der Waals surface area contributed by atoms with E-state index in [1.54, 1.807) is 19.1 Å². The summed E-state index contributed by atoms with van der Waals surface area (Å²) >= 11 is 0. The molecule has 1 heterocycles. The molecule has 10 nitrogen and oxygen atoms in total. The van der Waals surface area contributed by atoms with Crippen molar-refractivity contribution in [3.05, 3.63) is 60.2 Å². The van der Waals surface area contributed by atoms with E-state index in [0.29, 0.717) is 11.4 Å². The second kappa shape index (κ2) is 10.2. The van der Waals surface area contributed by atoms with Crippen molar-refractivity contribution in [3.8, 4) is 17.6 Å². The van der Waals surface area contributed by atoms with Gasteiger partial charge in [0.1, 0.15) is 5.75 Å². The van der Waals surface area contributed by atoms with Crippen LogP contribution in [0.25, 0.3) is 0 Å². The second-order valence-electron chi connectivity index (χ2n) is 6.97. The summed E-state index contributed by atoms with van der Waals surface area (Å²) in [5, 5.41) is 2.70. The van der Waals surface area contributed by atoms with E-state index in [4.69, 9.17) is 14.2 Å². The van der Waals surface area contributed by atoms with E-state index < -0.39 is 16.1 Å². The van der Waals surface area contributed by atoms with Crippen molar-refractivity contribution in [2.24, 2.45) is 0 Å². The molecule has 1 atom stereocenters. The molecule has 0 saturated heterocycles. The Bertz CT molecular complexity index is 1190. The van der Waals surface area contributed by atoms with Crippen LogP contribution in [0.1, 0.15) is 12.5 Å². The number of aromatic nitrogens is 2. The number of aryl methyl sites for hydroxylation is 1. The van der Waals surface area contributed by atoms with Crippen molar-refractivity contribution in [1.82, 2.24) is 9.97 Å². The Morgan fingerprint density at radius 3 is 2.24 bits per heavy atom. The minimum atomic E-state index is -3.96. The maximum absolute atomic E-state index is 12.7. The van der Waals surface area contributed by atoms with Crippen LogP contribution in [0.4, 0.5) is 11.5 Å². The van der Waals surface area contributed by atoms with Gasteiger partial charge in [-0.15, -0.1) is 0 Å². The Balaban J connectivity index is 1.66. The number of amides is 1. The van der Waals surface area contributed by atoms with Crippen LogP contribution in [0, 0.1) is 6.92 Å². The average Bonchev–Trinajstić information content (AvgIpc) is 2.80. The first-order chi connectivity index (χ1) is 15.7. The van der Waals surface area contributed by atoms with E-state index in [9.17, 15) is 13.2 Å². The Morgan fingerprint density at radius 2 is 1.64 bits per heavy atom. The lowest BCUT2D eigenvalue weighted by Crippen LogP contribution is -2.30. The molecule has 3 rings (SSSR count). The van der Waals surface area contributed by atoms with Crippen molar-refractivity contribution in [3.63, 3.8) is 0 Å². The van der Waals surface area contributed by atoms with Gasteiger partial charge in [0.2, 0.25) is 5.88 Å². The van der Waals surface area contributed by atoms with Gasteiger partial charge in [0.05, 0.1) is 19.1 Å². The van der Waals surface area contributed by atoms with E-state index in [1.807, 2.05) is 19.1 Å². The Morgan fingerprint density at radius 1 is 0.970 bits per heavy atom. The van der Waals surface area contributed by atoms with Gasteiger partial charge in [-0.2, -0.15) is 9.97 Å². The number of nitrogens with zero attached hydrogens (tertiary/aromatic N) is 2. The van der Waals surface area contributed by atoms with Gasteiger partial charge in [-0.25, -0.2) is 8.42 Å². The first-order valence-corrected chi connectivity index (χ1v) is 11.3. The number of hydrogen-bond donors (Lipinski definition) is 2. The molecule has 11 heteroatoms. The third-order valence-electron chi connectivity index (χ3n) is 4.45. The van der Waals surface area contributed by atoms with Gasteiger partial charge in [-0.1, -0.05) is 17.7 Å². The van der Waals surface area contributed by atoms with E-state index in [2.05, 4.69) is 20.0 Å². The number of carbonyl (C=O) groups excluding carboxylic acids is 1. The van der Waals surface area contributed by atoms with E-state index in [1.165, 1.54) is 44.6 Å². The summed E-state index contributed by atoms with van der Waals surface area (Å²) in [5.74, 6) is 0.330. The summed E-state index contributed by atoms with van der Waals surface area (Å²) in [6, 6.07) is 14.3. The molecule has 0 radical (unpaired) electrons. The maximum Gasteiger partial charge on any atom is 0.321 e. The molecule has 174 valence electrons. The monoisotopic (exact) mass is 472 g/mol. The van der Waals surface area contributed by atoms with Crippen molar-refractivity contribution < 1.29 is 27.4 Å². The van der Waals surface area contributed by atoms with Crippen molar-refractivity contribution in [1.29, 1.82) is 0 Å². The van der Waals surface area contributed by atoms with Gasteiger partial charge in [0.15, 0.2) is 11.9 Å². The third kappa shape index (κ3) is 6.32. The number of benzene rings is 2. The lowest BCUT2D eigenvalue weighted by Gasteiger charge is -2.15. The summed E-state index contributed by atoms with van der Waals surface area (Å²) in [4.78, 5) is 20.3. The molecular formula is C22H24N4O6S. The fourth-order valence-electron chi connectivity index (χ4n) is 2.68. The summed E-state index contributed by atoms with van der Waals surface area (Å²) < 4.78 is 43.4. The summed E-state index contributed by atoms with van der Waals surface area (Å²) in [7, 11) is -1.22. The first-order valence-electron chi connectivity index (χ1n) is 9.84. The lowest BCUT2D eigenvalue weighted by atomic mass is 10.2. The standard InChI is InChI=1S/C22H24N4O6S/c1-14-5-9-17(10-6-14)32-15(2)21(27)23-16-7-11-18(12-8-16)33(28,29)26-19-13-20(30-3)25-22(24-19)31-4/h5-13,15H,1-4H3,(H,23,27)(H,24,25,26)/t15-/m0/s1. The number of ether oxygens (including phenoxy) is 3. The highest BCUT2D eigenvalue weighted by molar-refractivity contribution is 7.92. The predicted octanol–water partition coefficient (Wildman–Crippen LogP) is 3.01. The molecule has 2 N–H and O–H groups in total. The molecule has 3 aromatic rings. The number of methoxy groups -OCH3 is 2. The Kier molecular flexibility index (Phi) is 7.34. The van der Waals surface area contributed by atoms with Gasteiger partial charge in [-0.3, -0.25) is 9.52 Å². The van der Waals surface area contributed by atoms with Crippen LogP contribution in [-0.2, 0) is 14.8 Å². The summed E-state index contributed by atoms with van der Waals surface area (Å²) in [6.45, 7) is 3.59. The van der Waals surface area contributed by atoms with Crippen LogP contribution in [-0.4, -0.2) is 44.6 Å². The van der Waals surface area contributed by atoms with Gasteiger partial charge in [0, 0.05) is 11.8 Å². The first kappa shape index (κ1) is 23.8.